The van der Waals surface area contributed by atoms with E-state index in [1.807, 2.05) is 18.2 Å². The third kappa shape index (κ3) is 4.02. The number of nitriles is 1. The van der Waals surface area contributed by atoms with Crippen LogP contribution in [0.3, 0.4) is 0 Å². The number of furan rings is 1. The Hall–Kier alpha value is -3.07. The number of nitrogens with one attached hydrogen (secondary N) is 1. The molecule has 2 atom stereocenters. The second-order valence-corrected chi connectivity index (χ2v) is 5.78. The fourth-order valence-electron chi connectivity index (χ4n) is 2.33. The average molecular weight is 323 g/mol. The maximum absolute atomic E-state index is 11.7. The van der Waals surface area contributed by atoms with Gasteiger partial charge in [0, 0.05) is 5.92 Å². The predicted molar refractivity (Wildman–Crippen MR) is 87.6 cm³/mol. The second-order valence-electron chi connectivity index (χ2n) is 5.78. The van der Waals surface area contributed by atoms with E-state index in [0.717, 1.165) is 12.2 Å². The maximum atomic E-state index is 11.7. The molecule has 0 aliphatic heterocycles. The molecule has 0 saturated heterocycles. The summed E-state index contributed by atoms with van der Waals surface area (Å²) in [5.74, 6) is 2.92. The maximum Gasteiger partial charge on any atom is 0.277 e. The van der Waals surface area contributed by atoms with E-state index in [-0.39, 0.29) is 12.5 Å². The average Bonchev–Trinajstić information content (AvgIpc) is 3.14. The summed E-state index contributed by atoms with van der Waals surface area (Å²) in [4.78, 5) is 11.7. The molecule has 3 rings (SSSR count). The molecular weight excluding hydrogens is 306 g/mol. The molecule has 1 aliphatic rings. The molecule has 6 nitrogen and oxygen atoms in total. The lowest BCUT2D eigenvalue weighted by Crippen LogP contribution is -2.24. The van der Waals surface area contributed by atoms with Crippen molar-refractivity contribution in [2.75, 3.05) is 6.61 Å². The van der Waals surface area contributed by atoms with Crippen LogP contribution in [0.4, 0.5) is 0 Å². The number of nitrogens with zero attached hydrogens (tertiary/aromatic N) is 2. The van der Waals surface area contributed by atoms with Gasteiger partial charge in [0.25, 0.3) is 5.91 Å². The quantitative estimate of drug-likeness (QED) is 0.654. The topological polar surface area (TPSA) is 87.6 Å². The first-order valence-corrected chi connectivity index (χ1v) is 7.70. The number of hydrogen-bond donors (Lipinski definition) is 1. The molecule has 1 fully saturated rings. The molecule has 0 spiro atoms. The fraction of sp³-hybridized carbons (Fsp3) is 0.278. The summed E-state index contributed by atoms with van der Waals surface area (Å²) in [5.41, 5.74) is 2.92. The molecule has 0 bridgehead atoms. The third-order valence-electron chi connectivity index (χ3n) is 3.86. The third-order valence-corrected chi connectivity index (χ3v) is 3.86. The standard InChI is InChI=1S/C18H17N3O3/c1-12-8-16(12)17-7-6-15(24-17)10-20-21-18(22)11-23-14-4-2-13(9-19)3-5-14/h2-7,10,12,16H,8,11H2,1H3,(H,21,22)/b20-10-/t12-,16-/m1/s1. The molecule has 1 heterocycles. The highest BCUT2D eigenvalue weighted by atomic mass is 16.5. The molecule has 1 aromatic carbocycles. The van der Waals surface area contributed by atoms with Crippen molar-refractivity contribution in [3.63, 3.8) is 0 Å². The van der Waals surface area contributed by atoms with E-state index < -0.39 is 0 Å². The van der Waals surface area contributed by atoms with Crippen LogP contribution in [0, 0.1) is 17.2 Å². The Morgan fingerprint density at radius 1 is 1.42 bits per heavy atom. The predicted octanol–water partition coefficient (Wildman–Crippen LogP) is 2.80. The molecule has 1 aliphatic carbocycles. The fourth-order valence-corrected chi connectivity index (χ4v) is 2.33. The van der Waals surface area contributed by atoms with Gasteiger partial charge >= 0.3 is 0 Å². The van der Waals surface area contributed by atoms with Gasteiger partial charge in [-0.2, -0.15) is 10.4 Å². The Labute approximate surface area is 139 Å². The van der Waals surface area contributed by atoms with Gasteiger partial charge < -0.3 is 9.15 Å². The van der Waals surface area contributed by atoms with Gasteiger partial charge in [0.05, 0.1) is 17.8 Å². The van der Waals surface area contributed by atoms with Gasteiger partial charge in [-0.05, 0) is 48.7 Å². The highest BCUT2D eigenvalue weighted by Crippen LogP contribution is 2.47. The SMILES string of the molecule is C[C@@H]1C[C@H]1c1ccc(/C=N\NC(=O)COc2ccc(C#N)cc2)o1. The minimum absolute atomic E-state index is 0.160. The number of ether oxygens (including phenoxy) is 1. The van der Waals surface area contributed by atoms with E-state index in [0.29, 0.717) is 28.9 Å². The van der Waals surface area contributed by atoms with Crippen LogP contribution in [0.15, 0.2) is 45.9 Å². The normalized spacial score (nSPS) is 19.0. The monoisotopic (exact) mass is 323 g/mol. The van der Waals surface area contributed by atoms with Crippen LogP contribution in [0.25, 0.3) is 0 Å². The summed E-state index contributed by atoms with van der Waals surface area (Å²) < 4.78 is 11.0. The molecule has 0 radical (unpaired) electrons. The number of amides is 1. The zero-order valence-corrected chi connectivity index (χ0v) is 13.2. The van der Waals surface area contributed by atoms with Crippen molar-refractivity contribution in [1.29, 1.82) is 5.26 Å². The van der Waals surface area contributed by atoms with Crippen molar-refractivity contribution in [3.05, 3.63) is 53.5 Å². The van der Waals surface area contributed by atoms with Gasteiger partial charge in [0.2, 0.25) is 0 Å². The minimum atomic E-state index is -0.377. The van der Waals surface area contributed by atoms with Crippen molar-refractivity contribution in [1.82, 2.24) is 5.43 Å². The number of carbonyl (C=O) groups is 1. The lowest BCUT2D eigenvalue weighted by molar-refractivity contribution is -0.123. The summed E-state index contributed by atoms with van der Waals surface area (Å²) in [7, 11) is 0. The van der Waals surface area contributed by atoms with Crippen LogP contribution in [0.2, 0.25) is 0 Å². The summed E-state index contributed by atoms with van der Waals surface area (Å²) >= 11 is 0. The van der Waals surface area contributed by atoms with Crippen LogP contribution in [0.1, 0.15) is 36.3 Å². The van der Waals surface area contributed by atoms with E-state index in [2.05, 4.69) is 17.5 Å². The van der Waals surface area contributed by atoms with E-state index >= 15 is 0 Å². The van der Waals surface area contributed by atoms with Crippen molar-refractivity contribution in [2.45, 2.75) is 19.3 Å². The van der Waals surface area contributed by atoms with E-state index in [4.69, 9.17) is 14.4 Å². The number of hydrogen-bond acceptors (Lipinski definition) is 5. The Balaban J connectivity index is 1.43. The summed E-state index contributed by atoms with van der Waals surface area (Å²) in [6.07, 6.45) is 2.63. The summed E-state index contributed by atoms with van der Waals surface area (Å²) in [5, 5.41) is 12.6. The molecule has 24 heavy (non-hydrogen) atoms. The number of carbonyl (C=O) groups excluding carboxylic acids is 1. The van der Waals surface area contributed by atoms with Crippen LogP contribution in [-0.4, -0.2) is 18.7 Å². The first-order valence-electron chi connectivity index (χ1n) is 7.70. The largest absolute Gasteiger partial charge is 0.484 e. The van der Waals surface area contributed by atoms with Crippen LogP contribution in [0.5, 0.6) is 5.75 Å². The van der Waals surface area contributed by atoms with Gasteiger partial charge in [-0.25, -0.2) is 5.43 Å². The van der Waals surface area contributed by atoms with Gasteiger partial charge in [0.1, 0.15) is 17.3 Å². The minimum Gasteiger partial charge on any atom is -0.484 e. The molecule has 1 N–H and O–H groups in total. The van der Waals surface area contributed by atoms with Crippen molar-refractivity contribution < 1.29 is 13.9 Å². The molecule has 6 heteroatoms. The van der Waals surface area contributed by atoms with E-state index in [9.17, 15) is 4.79 Å². The number of rotatable bonds is 6. The van der Waals surface area contributed by atoms with Gasteiger partial charge in [-0.1, -0.05) is 6.92 Å². The molecular formula is C18H17N3O3. The molecule has 1 aromatic heterocycles. The van der Waals surface area contributed by atoms with Gasteiger partial charge in [-0.15, -0.1) is 0 Å². The molecule has 122 valence electrons. The Kier molecular flexibility index (Phi) is 4.62. The van der Waals surface area contributed by atoms with Gasteiger partial charge in [-0.3, -0.25) is 4.79 Å². The first-order chi connectivity index (χ1) is 11.7. The first kappa shape index (κ1) is 15.8. The molecule has 2 aromatic rings. The Bertz CT molecular complexity index is 787. The Morgan fingerprint density at radius 2 is 2.17 bits per heavy atom. The van der Waals surface area contributed by atoms with Crippen molar-refractivity contribution in [2.24, 2.45) is 11.0 Å². The lowest BCUT2D eigenvalue weighted by Gasteiger charge is -2.04. The second kappa shape index (κ2) is 7.01. The van der Waals surface area contributed by atoms with Crippen LogP contribution in [-0.2, 0) is 4.79 Å². The smallest absolute Gasteiger partial charge is 0.277 e. The number of benzene rings is 1. The summed E-state index contributed by atoms with van der Waals surface area (Å²) in [6, 6.07) is 12.3. The van der Waals surface area contributed by atoms with Crippen molar-refractivity contribution >= 4 is 12.1 Å². The van der Waals surface area contributed by atoms with E-state index in [1.54, 1.807) is 24.3 Å². The lowest BCUT2D eigenvalue weighted by atomic mass is 10.2. The van der Waals surface area contributed by atoms with Crippen molar-refractivity contribution in [3.8, 4) is 11.8 Å². The van der Waals surface area contributed by atoms with Gasteiger partial charge in [0.15, 0.2) is 6.61 Å². The zero-order chi connectivity index (χ0) is 16.9. The Morgan fingerprint density at radius 3 is 2.83 bits per heavy atom. The van der Waals surface area contributed by atoms with Crippen LogP contribution < -0.4 is 10.2 Å². The summed E-state index contributed by atoms with van der Waals surface area (Å²) in [6.45, 7) is 2.03. The highest BCUT2D eigenvalue weighted by molar-refractivity contribution is 5.81. The molecule has 1 amide bonds. The highest BCUT2D eigenvalue weighted by Gasteiger charge is 2.36. The zero-order valence-electron chi connectivity index (χ0n) is 13.2. The number of hydrazone groups is 1. The molecule has 0 unspecified atom stereocenters. The van der Waals surface area contributed by atoms with Crippen LogP contribution >= 0.6 is 0 Å². The van der Waals surface area contributed by atoms with E-state index in [1.165, 1.54) is 6.21 Å². The molecule has 1 saturated carbocycles.